The molecule has 4 rings (SSSR count). The molecule has 0 spiro atoms. The lowest BCUT2D eigenvalue weighted by Gasteiger charge is -2.43. The number of methoxy groups -OCH3 is 3. The molecule has 12 heteroatoms. The summed E-state index contributed by atoms with van der Waals surface area (Å²) in [5.41, 5.74) is 1.83. The van der Waals surface area contributed by atoms with Gasteiger partial charge in [-0.25, -0.2) is 4.79 Å². The largest absolute Gasteiger partial charge is 0.460 e. The van der Waals surface area contributed by atoms with Crippen LogP contribution in [0.2, 0.25) is 0 Å². The van der Waals surface area contributed by atoms with Crippen LogP contribution in [-0.4, -0.2) is 115 Å². The van der Waals surface area contributed by atoms with E-state index in [-0.39, 0.29) is 60.5 Å². The summed E-state index contributed by atoms with van der Waals surface area (Å²) < 4.78 is 30.2. The van der Waals surface area contributed by atoms with Crippen LogP contribution in [-0.2, 0) is 42.9 Å². The Labute approximate surface area is 390 Å². The molecule has 3 aliphatic heterocycles. The average Bonchev–Trinajstić information content (AvgIpc) is 3.28. The van der Waals surface area contributed by atoms with E-state index in [0.717, 1.165) is 36.8 Å². The van der Waals surface area contributed by atoms with Crippen LogP contribution in [0, 0.1) is 47.3 Å². The summed E-state index contributed by atoms with van der Waals surface area (Å²) in [7, 11) is 4.93. The maximum Gasteiger partial charge on any atom is 0.329 e. The van der Waals surface area contributed by atoms with E-state index >= 15 is 0 Å². The van der Waals surface area contributed by atoms with Crippen molar-refractivity contribution in [1.29, 1.82) is 0 Å². The van der Waals surface area contributed by atoms with Crippen LogP contribution in [0.3, 0.4) is 0 Å². The van der Waals surface area contributed by atoms with E-state index in [1.54, 1.807) is 28.3 Å². The predicted molar refractivity (Wildman–Crippen MR) is 252 cm³/mol. The lowest BCUT2D eigenvalue weighted by Crippen LogP contribution is -2.61. The van der Waals surface area contributed by atoms with E-state index in [4.69, 9.17) is 23.7 Å². The molecule has 4 aliphatic rings. The van der Waals surface area contributed by atoms with Gasteiger partial charge in [0.2, 0.25) is 5.79 Å². The number of hydrogen-bond acceptors (Lipinski definition) is 11. The van der Waals surface area contributed by atoms with Gasteiger partial charge >= 0.3 is 5.97 Å². The molecule has 1 saturated carbocycles. The van der Waals surface area contributed by atoms with Gasteiger partial charge in [-0.2, -0.15) is 0 Å². The molecule has 1 unspecified atom stereocenters. The van der Waals surface area contributed by atoms with Crippen molar-refractivity contribution in [2.45, 2.75) is 188 Å². The summed E-state index contributed by atoms with van der Waals surface area (Å²) in [6, 6.07) is -1.04. The molecule has 368 valence electrons. The van der Waals surface area contributed by atoms with Gasteiger partial charge in [0.25, 0.3) is 11.7 Å². The van der Waals surface area contributed by atoms with E-state index in [1.807, 2.05) is 65.0 Å². The first-order valence-corrected chi connectivity index (χ1v) is 24.7. The number of carbonyl (C=O) groups is 4. The summed E-state index contributed by atoms with van der Waals surface area (Å²) in [4.78, 5) is 58.1. The van der Waals surface area contributed by atoms with Crippen molar-refractivity contribution in [2.75, 3.05) is 27.9 Å². The fourth-order valence-corrected chi connectivity index (χ4v) is 10.7. The normalized spacial score (nSPS) is 41.5. The van der Waals surface area contributed by atoms with Gasteiger partial charge in [0.1, 0.15) is 18.2 Å². The molecule has 0 radical (unpaired) electrons. The highest BCUT2D eigenvalue weighted by Gasteiger charge is 2.53. The number of carbonyl (C=O) groups excluding carboxylic acids is 4. The minimum absolute atomic E-state index is 0.0327. The third kappa shape index (κ3) is 14.5. The number of cyclic esters (lactones) is 1. The van der Waals surface area contributed by atoms with E-state index in [2.05, 4.69) is 26.8 Å². The van der Waals surface area contributed by atoms with Crippen molar-refractivity contribution < 1.29 is 53.1 Å². The maximum atomic E-state index is 14.5. The first kappa shape index (κ1) is 54.6. The van der Waals surface area contributed by atoms with Crippen LogP contribution in [0.4, 0.5) is 0 Å². The number of fused-ring (bicyclic) bond motifs is 3. The molecule has 3 heterocycles. The lowest BCUT2D eigenvalue weighted by atomic mass is 9.75. The zero-order valence-electron chi connectivity index (χ0n) is 41.8. The molecule has 2 bridgehead atoms. The Balaban J connectivity index is 1.70. The maximum absolute atomic E-state index is 14.5. The van der Waals surface area contributed by atoms with Crippen LogP contribution in [0.25, 0.3) is 0 Å². The fraction of sp³-hybridized carbons (Fsp3) is 0.774. The van der Waals surface area contributed by atoms with Gasteiger partial charge in [0.15, 0.2) is 5.78 Å². The van der Waals surface area contributed by atoms with E-state index in [9.17, 15) is 29.4 Å². The van der Waals surface area contributed by atoms with Crippen molar-refractivity contribution in [3.8, 4) is 0 Å². The second-order valence-electron chi connectivity index (χ2n) is 20.5. The Bertz CT molecular complexity index is 1700. The Kier molecular flexibility index (Phi) is 21.3. The Morgan fingerprint density at radius 3 is 2.23 bits per heavy atom. The van der Waals surface area contributed by atoms with Crippen LogP contribution < -0.4 is 0 Å². The third-order valence-corrected chi connectivity index (χ3v) is 15.4. The molecule has 3 fully saturated rings. The van der Waals surface area contributed by atoms with Gasteiger partial charge in [-0.1, -0.05) is 90.5 Å². The van der Waals surface area contributed by atoms with Gasteiger partial charge in [-0.15, -0.1) is 0 Å². The fourth-order valence-electron chi connectivity index (χ4n) is 10.7. The van der Waals surface area contributed by atoms with E-state index in [0.29, 0.717) is 56.8 Å². The number of allylic oxidation sites excluding steroid dienone is 5. The molecular weight excluding hydrogens is 827 g/mol. The molecule has 12 nitrogen and oxygen atoms in total. The molecule has 65 heavy (non-hydrogen) atoms. The number of Topliss-reactive ketones (excluding diaryl/α,β-unsaturated/α-hetero) is 2. The second kappa shape index (κ2) is 25.4. The second-order valence-corrected chi connectivity index (χ2v) is 20.5. The van der Waals surface area contributed by atoms with Gasteiger partial charge in [-0.05, 0) is 107 Å². The van der Waals surface area contributed by atoms with Gasteiger partial charge < -0.3 is 38.8 Å². The molecule has 0 aromatic carbocycles. The Morgan fingerprint density at radius 1 is 0.831 bits per heavy atom. The lowest BCUT2D eigenvalue weighted by molar-refractivity contribution is -0.265. The minimum Gasteiger partial charge on any atom is -0.460 e. The van der Waals surface area contributed by atoms with Gasteiger partial charge in [-0.3, -0.25) is 14.4 Å². The number of esters is 1. The monoisotopic (exact) mass is 912 g/mol. The zero-order chi connectivity index (χ0) is 48.2. The number of rotatable bonds is 6. The SMILES string of the molecule is CO[C@H]1CC2CC[C@@H](C)[C@@](O)(O2)C(=O)C(=O)N2CCCC[C@H]2C(=O)O[C@H]([C@@H](C)C[C@@H]2CC[C@@H](C)[C@H](OC)C2)C[C@H](O)[C@H](C)/C=C(\C)[C@@H](C)[C@@H](OC)C(=O)[C@H](C)C[C@H](C)/C=C/C=C/C=C/1C. The Hall–Kier alpha value is -3.00. The number of aliphatic hydroxyl groups is 2. The number of ether oxygens (including phenoxy) is 5. The van der Waals surface area contributed by atoms with Crippen molar-refractivity contribution in [3.63, 3.8) is 0 Å². The third-order valence-electron chi connectivity index (χ3n) is 15.4. The summed E-state index contributed by atoms with van der Waals surface area (Å²) >= 11 is 0. The molecular formula is C53H85NO11. The topological polar surface area (TPSA) is 158 Å². The predicted octanol–water partition coefficient (Wildman–Crippen LogP) is 8.52. The summed E-state index contributed by atoms with van der Waals surface area (Å²) in [6.45, 7) is 18.0. The van der Waals surface area contributed by atoms with E-state index < -0.39 is 59.8 Å². The number of amides is 1. The zero-order valence-corrected chi connectivity index (χ0v) is 41.8. The van der Waals surface area contributed by atoms with Crippen molar-refractivity contribution in [3.05, 3.63) is 47.6 Å². The first-order chi connectivity index (χ1) is 30.7. The molecule has 2 saturated heterocycles. The van der Waals surface area contributed by atoms with Crippen LogP contribution >= 0.6 is 0 Å². The molecule has 0 aromatic rings. The van der Waals surface area contributed by atoms with Crippen LogP contribution in [0.1, 0.15) is 139 Å². The summed E-state index contributed by atoms with van der Waals surface area (Å²) in [5, 5.41) is 23.9. The van der Waals surface area contributed by atoms with Crippen LogP contribution in [0.5, 0.6) is 0 Å². The van der Waals surface area contributed by atoms with Crippen molar-refractivity contribution in [2.24, 2.45) is 47.3 Å². The van der Waals surface area contributed by atoms with Crippen LogP contribution in [0.15, 0.2) is 47.6 Å². The smallest absolute Gasteiger partial charge is 0.329 e. The molecule has 16 atom stereocenters. The van der Waals surface area contributed by atoms with Gasteiger partial charge in [0.05, 0.1) is 24.4 Å². The highest BCUT2D eigenvalue weighted by Crippen LogP contribution is 2.39. The summed E-state index contributed by atoms with van der Waals surface area (Å²) in [5.74, 6) is -5.78. The average molecular weight is 912 g/mol. The molecule has 0 aromatic heterocycles. The number of nitrogens with zero attached hydrogens (tertiary/aromatic N) is 1. The summed E-state index contributed by atoms with van der Waals surface area (Å²) in [6.07, 6.45) is 16.2. The number of hydrogen-bond donors (Lipinski definition) is 2. The van der Waals surface area contributed by atoms with Crippen molar-refractivity contribution in [1.82, 2.24) is 4.90 Å². The Morgan fingerprint density at radius 2 is 1.55 bits per heavy atom. The number of piperidine rings is 1. The molecule has 2 N–H and O–H groups in total. The van der Waals surface area contributed by atoms with Crippen molar-refractivity contribution >= 4 is 23.4 Å². The van der Waals surface area contributed by atoms with E-state index in [1.165, 1.54) is 4.90 Å². The highest BCUT2D eigenvalue weighted by atomic mass is 16.6. The highest BCUT2D eigenvalue weighted by molar-refractivity contribution is 6.39. The van der Waals surface area contributed by atoms with Gasteiger partial charge in [0, 0.05) is 64.4 Å². The first-order valence-electron chi connectivity index (χ1n) is 24.7. The quantitative estimate of drug-likeness (QED) is 0.150. The standard InChI is InChI=1S/C53H85NO11/c1-32-18-14-13-15-19-33(2)46(62-11)30-42-24-22-39(8)53(60,65-42)50(57)51(58)54-25-17-16-20-43(54)52(59)64-47(37(6)28-41-23-21-34(3)45(29-41)61-10)31-44(55)36(5)27-35(4)40(9)49(63-12)48(56)38(7)26-32/h13-15,18-19,27,32,34,36-47,49,55,60H,16-17,20-26,28-31H2,1-12H3/b15-13+,18-14+,33-19+,35-27+/t32-,34-,36-,37+,38-,39-,40-,41+,42?,43+,44+,45-,46+,47+,49-,53-/m1/s1. The molecule has 1 amide bonds. The number of ketones is 2. The minimum atomic E-state index is -2.38. The molecule has 1 aliphatic carbocycles. The number of aliphatic hydroxyl groups excluding tert-OH is 1.